The number of unbranched alkanes of at least 4 members (excludes halogenated alkanes) is 1. The van der Waals surface area contributed by atoms with Gasteiger partial charge in [-0.1, -0.05) is 192 Å². The van der Waals surface area contributed by atoms with Gasteiger partial charge in [0.2, 0.25) is 83.1 Å². The van der Waals surface area contributed by atoms with Crippen molar-refractivity contribution >= 4 is 152 Å². The first-order valence-corrected chi connectivity index (χ1v) is 45.9. The Labute approximate surface area is 792 Å². The van der Waals surface area contributed by atoms with Crippen LogP contribution < -0.4 is 79.7 Å². The maximum Gasteiger partial charge on any atom is 0.349 e. The zero-order valence-corrected chi connectivity index (χ0v) is 81.0. The van der Waals surface area contributed by atoms with E-state index in [1.807, 2.05) is 163 Å². The van der Waals surface area contributed by atoms with Crippen molar-refractivity contribution < 1.29 is 33.5 Å². The van der Waals surface area contributed by atoms with E-state index in [0.29, 0.717) is 122 Å². The third kappa shape index (κ3) is 28.5. The minimum absolute atomic E-state index is 0.0108. The van der Waals surface area contributed by atoms with Gasteiger partial charge in [0, 0.05) is 122 Å². The van der Waals surface area contributed by atoms with E-state index in [1.165, 1.54) is 19.3 Å². The number of rotatable bonds is 28. The largest absolute Gasteiger partial charge is 0.462 e. The zero-order chi connectivity index (χ0) is 98.0. The highest BCUT2D eigenvalue weighted by atomic mass is 16.5. The van der Waals surface area contributed by atoms with Gasteiger partial charge in [0.25, 0.3) is 0 Å². The lowest BCUT2D eigenvalue weighted by atomic mass is 9.96. The topological polar surface area (TPSA) is 485 Å². The minimum atomic E-state index is -0.447. The quantitative estimate of drug-likeness (QED) is 0.0123. The monoisotopic (exact) mass is 1850 g/mol. The lowest BCUT2D eigenvalue weighted by molar-refractivity contribution is -0.137. The lowest BCUT2D eigenvalue weighted by Gasteiger charge is -2.23. The SMILES string of the molecule is C=CC(=O)OCCCNc1nc(Nc2ccc3c(c2)NC(=O)C3)nc(C(C)(C)C)n1.CC(C)(C)c1nc(Nc2ccc3c(c2)NC(=O)C3)nc(=O)[nH]1.CC(C)(C)c1nc(Nc2ccccc2)nc(Nc2ccc3c(c2)NC(=O)C3)n1.CCCCC(CC)CNc1nc(Nc2ccc3c(c2)NC(=O)C3)nc(C(C)(C)C)n1.CCN(CC)c1nc(Nc2ccc3c(c2)NC(=O)C3)nc(C(C)(C)C)n1. The van der Waals surface area contributed by atoms with Gasteiger partial charge in [0.05, 0.1) is 38.7 Å². The van der Waals surface area contributed by atoms with Crippen molar-refractivity contribution in [3.8, 4) is 0 Å². The van der Waals surface area contributed by atoms with E-state index < -0.39 is 11.7 Å². The van der Waals surface area contributed by atoms with Gasteiger partial charge in [-0.3, -0.25) is 29.0 Å². The fourth-order valence-electron chi connectivity index (χ4n) is 14.2. The van der Waals surface area contributed by atoms with Crippen LogP contribution >= 0.6 is 0 Å². The van der Waals surface area contributed by atoms with E-state index in [-0.39, 0.29) is 69.2 Å². The van der Waals surface area contributed by atoms with Gasteiger partial charge in [-0.05, 0) is 133 Å². The number of anilines is 20. The minimum Gasteiger partial charge on any atom is -0.462 e. The standard InChI is InChI=1S/C23H34N6O.C21H26N6O3.C21H22N6O.C19H26N6O.C15H17N5O2/c1-6-8-9-15(7-2)14-24-21-27-20(23(3,4)5)28-22(29-21)25-17-11-10-16-12-19(30)26-18(16)13-17;1-5-17(29)30-10-6-9-22-19-25-18(21(2,3)4)26-20(27-19)23-14-8-7-13-11-16(28)24-15(13)12-14;1-21(2,3)18-25-19(22-14-7-5-4-6-8-14)27-20(26-18)23-15-10-9-13-11-17(28)24-16(13)12-15;1-6-25(7-2)18-23-16(19(3,4)5)22-17(24-18)20-13-9-8-12-10-15(26)21-14(12)11-13;1-15(2,3)12-18-13(20-14(22)19-12)16-9-5-4-8-6-11(21)17-10(8)7-9/h10-11,13,15H,6-9,12,14H2,1-5H3,(H,26,30)(H2,24,25,27,28,29);5,7-8,12H,1,6,9-11H2,2-4H3,(H,24,28)(H2,22,23,25,26,27);4-10,12H,11H2,1-3H3,(H,24,28)(H2,22,23,25,26,27);8-9,11H,6-7,10H2,1-5H3,(H,21,26)(H,20,22,23,24);4-5,7H,6H2,1-3H3,(H,17,21)(H2,16,18,19,20,22). The molecule has 0 aliphatic carbocycles. The maximum absolute atomic E-state index is 11.7. The molecule has 37 nitrogen and oxygen atoms in total. The van der Waals surface area contributed by atoms with Crippen LogP contribution in [0.2, 0.25) is 0 Å². The molecule has 0 bridgehead atoms. The van der Waals surface area contributed by atoms with E-state index >= 15 is 0 Å². The predicted octanol–water partition coefficient (Wildman–Crippen LogP) is 17.1. The van der Waals surface area contributed by atoms with Gasteiger partial charge < -0.3 is 78.8 Å². The van der Waals surface area contributed by atoms with Crippen LogP contribution in [0.25, 0.3) is 0 Å². The number of hydrogen-bond acceptors (Lipinski definition) is 31. The summed E-state index contributed by atoms with van der Waals surface area (Å²) in [6, 6.07) is 38.3. The van der Waals surface area contributed by atoms with Gasteiger partial charge in [-0.2, -0.15) is 69.8 Å². The number of carbonyl (C=O) groups is 6. The molecule has 10 heterocycles. The molecule has 6 aromatic carbocycles. The highest BCUT2D eigenvalue weighted by Gasteiger charge is 2.30. The Hall–Kier alpha value is -15.1. The molecular formula is C99H125N29O8. The second-order valence-corrected chi connectivity index (χ2v) is 38.5. The number of ether oxygens (including phenoxy) is 1. The molecule has 16 rings (SSSR count). The van der Waals surface area contributed by atoms with Gasteiger partial charge >= 0.3 is 11.7 Å². The van der Waals surface area contributed by atoms with E-state index in [1.54, 1.807) is 0 Å². The molecule has 37 heteroatoms. The van der Waals surface area contributed by atoms with Crippen LogP contribution in [0.15, 0.2) is 139 Å². The summed E-state index contributed by atoms with van der Waals surface area (Å²) >= 11 is 0. The summed E-state index contributed by atoms with van der Waals surface area (Å²) in [4.78, 5) is 148. The van der Waals surface area contributed by atoms with Gasteiger partial charge in [-0.15, -0.1) is 0 Å². The Bertz CT molecular complexity index is 6250. The first kappa shape index (κ1) is 99.9. The summed E-state index contributed by atoms with van der Waals surface area (Å²) in [5.41, 5.74) is 12.2. The third-order valence-electron chi connectivity index (χ3n) is 21.7. The number of hydrogen-bond donors (Lipinski definition) is 14. The number of aromatic nitrogens is 15. The summed E-state index contributed by atoms with van der Waals surface area (Å²) in [7, 11) is 0. The number of carbonyl (C=O) groups excluding carboxylic acids is 6. The number of H-pyrrole nitrogens is 1. The number of nitrogens with zero attached hydrogens (tertiary/aromatic N) is 15. The molecule has 1 unspecified atom stereocenters. The highest BCUT2D eigenvalue weighted by Crippen LogP contribution is 2.36. The number of fused-ring (bicyclic) bond motifs is 5. The molecule has 5 aliphatic heterocycles. The van der Waals surface area contributed by atoms with Crippen molar-refractivity contribution in [3.63, 3.8) is 0 Å². The van der Waals surface area contributed by atoms with Crippen LogP contribution in [0.4, 0.5) is 116 Å². The number of esters is 1. The Morgan fingerprint density at radius 1 is 0.390 bits per heavy atom. The van der Waals surface area contributed by atoms with Gasteiger partial charge in [0.15, 0.2) is 0 Å². The van der Waals surface area contributed by atoms with Crippen LogP contribution in [0.1, 0.15) is 221 Å². The van der Waals surface area contributed by atoms with E-state index in [2.05, 4.69) is 245 Å². The molecule has 11 aromatic rings. The molecule has 0 fully saturated rings. The van der Waals surface area contributed by atoms with Crippen molar-refractivity contribution in [2.45, 2.75) is 223 Å². The second kappa shape index (κ2) is 43.7. The molecule has 0 saturated heterocycles. The normalized spacial score (nSPS) is 13.4. The van der Waals surface area contributed by atoms with E-state index in [9.17, 15) is 33.6 Å². The number of amides is 5. The molecular weight excluding hydrogens is 1720 g/mol. The van der Waals surface area contributed by atoms with Crippen molar-refractivity contribution in [1.29, 1.82) is 0 Å². The third-order valence-corrected chi connectivity index (χ3v) is 21.7. The summed E-state index contributed by atoms with van der Waals surface area (Å²) in [5, 5.41) is 40.0. The molecule has 5 aliphatic rings. The molecule has 0 saturated carbocycles. The smallest absolute Gasteiger partial charge is 0.349 e. The molecule has 1 atom stereocenters. The van der Waals surface area contributed by atoms with Crippen molar-refractivity contribution in [3.05, 3.63) is 201 Å². The zero-order valence-electron chi connectivity index (χ0n) is 81.0. The molecule has 0 radical (unpaired) electrons. The fourth-order valence-corrected chi connectivity index (χ4v) is 14.2. The van der Waals surface area contributed by atoms with Gasteiger partial charge in [0.1, 0.15) is 29.1 Å². The molecule has 0 spiro atoms. The highest BCUT2D eigenvalue weighted by molar-refractivity contribution is 6.03. The summed E-state index contributed by atoms with van der Waals surface area (Å²) in [6.45, 7) is 46.0. The average molecular weight is 1850 g/mol. The van der Waals surface area contributed by atoms with Crippen molar-refractivity contribution in [1.82, 2.24) is 74.8 Å². The van der Waals surface area contributed by atoms with Crippen LogP contribution in [-0.4, -0.2) is 143 Å². The lowest BCUT2D eigenvalue weighted by Crippen LogP contribution is -2.27. The molecule has 5 amide bonds. The maximum atomic E-state index is 11.7. The predicted molar refractivity (Wildman–Crippen MR) is 535 cm³/mol. The van der Waals surface area contributed by atoms with E-state index in [4.69, 9.17) is 4.74 Å². The van der Waals surface area contributed by atoms with Crippen LogP contribution in [0.5, 0.6) is 0 Å². The fraction of sp³-hybridized carbons (Fsp3) is 0.404. The number of nitrogens with one attached hydrogen (secondary N) is 14. The first-order valence-electron chi connectivity index (χ1n) is 45.9. The number of para-hydroxylation sites is 1. The summed E-state index contributed by atoms with van der Waals surface area (Å²) in [6.07, 6.45) is 8.61. The van der Waals surface area contributed by atoms with Gasteiger partial charge in [-0.25, -0.2) is 9.59 Å². The average Bonchev–Trinajstić information content (AvgIpc) is 1.73. The summed E-state index contributed by atoms with van der Waals surface area (Å²) in [5.74, 6) is 7.82. The second-order valence-electron chi connectivity index (χ2n) is 38.5. The Morgan fingerprint density at radius 3 is 1.06 bits per heavy atom. The number of benzene rings is 6. The van der Waals surface area contributed by atoms with Crippen molar-refractivity contribution in [2.24, 2.45) is 5.92 Å². The number of aromatic amines is 1. The van der Waals surface area contributed by atoms with E-state index in [0.717, 1.165) is 128 Å². The Balaban J connectivity index is 0.000000153. The van der Waals surface area contributed by atoms with Crippen LogP contribution in [-0.2, 0) is 92.7 Å². The molecule has 714 valence electrons. The van der Waals surface area contributed by atoms with Crippen LogP contribution in [0, 0.1) is 5.92 Å². The summed E-state index contributed by atoms with van der Waals surface area (Å²) < 4.78 is 4.96. The van der Waals surface area contributed by atoms with Crippen LogP contribution in [0.3, 0.4) is 0 Å². The van der Waals surface area contributed by atoms with Crippen molar-refractivity contribution in [2.75, 3.05) is 107 Å². The Morgan fingerprint density at radius 2 is 0.721 bits per heavy atom. The first-order chi connectivity index (χ1) is 64.5. The molecule has 136 heavy (non-hydrogen) atoms. The molecule has 14 N–H and O–H groups in total. The Kier molecular flexibility index (Phi) is 32.1. The molecule has 5 aromatic heterocycles.